The maximum atomic E-state index is 13.1. The number of Topliss-reactive ketones (excluding diaryl/α,β-unsaturated/α-hetero) is 1. The Morgan fingerprint density at radius 1 is 1.26 bits per heavy atom. The fourth-order valence-electron chi connectivity index (χ4n) is 6.83. The molecular weight excluding hydrogens is 408 g/mol. The molecular formula is C26H29ClN2O2. The average Bonchev–Trinajstić information content (AvgIpc) is 3.02. The molecule has 0 radical (unpaired) electrons. The number of amides is 1. The maximum absolute atomic E-state index is 13.1. The zero-order valence-corrected chi connectivity index (χ0v) is 18.7. The molecule has 5 atom stereocenters. The highest BCUT2D eigenvalue weighted by atomic mass is 35.5. The third-order valence-corrected chi connectivity index (χ3v) is 8.44. The summed E-state index contributed by atoms with van der Waals surface area (Å²) in [5.41, 5.74) is 2.59. The van der Waals surface area contributed by atoms with Crippen LogP contribution in [0.3, 0.4) is 0 Å². The molecule has 0 saturated heterocycles. The van der Waals surface area contributed by atoms with Crippen molar-refractivity contribution in [3.8, 4) is 0 Å². The van der Waals surface area contributed by atoms with Crippen molar-refractivity contribution in [2.24, 2.45) is 23.2 Å². The number of nitrogens with one attached hydrogen (secondary N) is 1. The fraction of sp³-hybridized carbons (Fsp3) is 0.500. The van der Waals surface area contributed by atoms with Crippen LogP contribution in [0, 0.1) is 23.2 Å². The van der Waals surface area contributed by atoms with Gasteiger partial charge in [-0.15, -0.1) is 0 Å². The first-order valence-electron chi connectivity index (χ1n) is 11.5. The number of aromatic nitrogens is 1. The maximum Gasteiger partial charge on any atom is 0.225 e. The smallest absolute Gasteiger partial charge is 0.225 e. The van der Waals surface area contributed by atoms with E-state index in [4.69, 9.17) is 11.6 Å². The predicted octanol–water partition coefficient (Wildman–Crippen LogP) is 5.81. The molecule has 1 aromatic heterocycles. The summed E-state index contributed by atoms with van der Waals surface area (Å²) < 4.78 is 0. The minimum absolute atomic E-state index is 0.0178. The standard InChI is InChI=1S/C26H29ClN2O2/c1-26-12-11-20-19-9-7-18(27)14-16(19)5-8-21(20)25(26)17(15-22(26)30)6-10-24(31)29-23-4-2-3-13-28-23/h2-4,7,9,13-14,17,20-21,25H,5-6,8,10-12,15H2,1H3,(H,28,29,31)/t17-,20?,21?,25?,26-/m1/s1. The van der Waals surface area contributed by atoms with Gasteiger partial charge in [0.05, 0.1) is 0 Å². The number of anilines is 1. The quantitative estimate of drug-likeness (QED) is 0.658. The van der Waals surface area contributed by atoms with E-state index in [9.17, 15) is 9.59 Å². The topological polar surface area (TPSA) is 59.1 Å². The summed E-state index contributed by atoms with van der Waals surface area (Å²) >= 11 is 6.25. The van der Waals surface area contributed by atoms with Gasteiger partial charge in [-0.1, -0.05) is 30.7 Å². The van der Waals surface area contributed by atoms with Crippen molar-refractivity contribution < 1.29 is 9.59 Å². The van der Waals surface area contributed by atoms with Crippen molar-refractivity contribution in [1.82, 2.24) is 4.98 Å². The fourth-order valence-corrected chi connectivity index (χ4v) is 7.03. The zero-order chi connectivity index (χ0) is 21.6. The lowest BCUT2D eigenvalue weighted by molar-refractivity contribution is -0.129. The van der Waals surface area contributed by atoms with E-state index in [-0.39, 0.29) is 17.2 Å². The van der Waals surface area contributed by atoms with E-state index in [1.165, 1.54) is 11.1 Å². The van der Waals surface area contributed by atoms with Crippen LogP contribution in [0.25, 0.3) is 0 Å². The molecule has 5 rings (SSSR count). The van der Waals surface area contributed by atoms with Crippen LogP contribution in [-0.2, 0) is 16.0 Å². The van der Waals surface area contributed by atoms with E-state index in [0.717, 1.165) is 37.1 Å². The molecule has 2 fully saturated rings. The van der Waals surface area contributed by atoms with Crippen LogP contribution in [0.5, 0.6) is 0 Å². The Labute approximate surface area is 188 Å². The lowest BCUT2D eigenvalue weighted by Gasteiger charge is -2.50. The third kappa shape index (κ3) is 3.69. The van der Waals surface area contributed by atoms with Crippen LogP contribution < -0.4 is 5.32 Å². The second-order valence-electron chi connectivity index (χ2n) is 9.82. The van der Waals surface area contributed by atoms with Gasteiger partial charge in [0.25, 0.3) is 0 Å². The largest absolute Gasteiger partial charge is 0.311 e. The van der Waals surface area contributed by atoms with E-state index in [1.54, 1.807) is 12.3 Å². The van der Waals surface area contributed by atoms with Crippen molar-refractivity contribution in [3.63, 3.8) is 0 Å². The molecule has 31 heavy (non-hydrogen) atoms. The number of aryl methyl sites for hydroxylation is 1. The van der Waals surface area contributed by atoms with E-state index in [0.29, 0.717) is 42.2 Å². The number of hydrogen-bond donors (Lipinski definition) is 1. The summed E-state index contributed by atoms with van der Waals surface area (Å²) in [4.78, 5) is 29.8. The second kappa shape index (κ2) is 8.05. The Morgan fingerprint density at radius 3 is 2.94 bits per heavy atom. The summed E-state index contributed by atoms with van der Waals surface area (Å²) in [5.74, 6) is 2.65. The summed E-state index contributed by atoms with van der Waals surface area (Å²) in [7, 11) is 0. The molecule has 162 valence electrons. The third-order valence-electron chi connectivity index (χ3n) is 8.21. The number of benzene rings is 1. The van der Waals surface area contributed by atoms with Gasteiger partial charge in [-0.05, 0) is 91.2 Å². The molecule has 3 aliphatic rings. The Morgan fingerprint density at radius 2 is 2.13 bits per heavy atom. The molecule has 0 bridgehead atoms. The predicted molar refractivity (Wildman–Crippen MR) is 122 cm³/mol. The zero-order valence-electron chi connectivity index (χ0n) is 17.9. The first-order chi connectivity index (χ1) is 15.0. The van der Waals surface area contributed by atoms with Crippen LogP contribution in [0.1, 0.15) is 62.5 Å². The molecule has 3 aliphatic carbocycles. The minimum atomic E-state index is -0.229. The van der Waals surface area contributed by atoms with Gasteiger partial charge in [0, 0.05) is 29.5 Å². The Bertz CT molecular complexity index is 1010. The van der Waals surface area contributed by atoms with E-state index in [1.807, 2.05) is 18.2 Å². The summed E-state index contributed by atoms with van der Waals surface area (Å²) in [6.45, 7) is 2.20. The molecule has 1 N–H and O–H groups in total. The summed E-state index contributed by atoms with van der Waals surface area (Å²) in [6, 6.07) is 11.8. The van der Waals surface area contributed by atoms with Gasteiger partial charge < -0.3 is 5.32 Å². The number of carbonyl (C=O) groups is 2. The van der Waals surface area contributed by atoms with E-state index in [2.05, 4.69) is 29.4 Å². The van der Waals surface area contributed by atoms with Crippen LogP contribution in [0.4, 0.5) is 5.82 Å². The average molecular weight is 437 g/mol. The van der Waals surface area contributed by atoms with Gasteiger partial charge in [-0.2, -0.15) is 0 Å². The number of fused-ring (bicyclic) bond motifs is 5. The number of hydrogen-bond acceptors (Lipinski definition) is 3. The van der Waals surface area contributed by atoms with Crippen molar-refractivity contribution in [2.45, 2.75) is 57.8 Å². The van der Waals surface area contributed by atoms with Crippen molar-refractivity contribution in [2.75, 3.05) is 5.32 Å². The molecule has 1 aromatic carbocycles. The van der Waals surface area contributed by atoms with Gasteiger partial charge in [0.1, 0.15) is 11.6 Å². The Hall–Kier alpha value is -2.20. The van der Waals surface area contributed by atoms with Crippen LogP contribution in [0.2, 0.25) is 5.02 Å². The van der Waals surface area contributed by atoms with Crippen molar-refractivity contribution in [1.29, 1.82) is 0 Å². The highest BCUT2D eigenvalue weighted by molar-refractivity contribution is 6.30. The Kier molecular flexibility index (Phi) is 5.37. The molecule has 4 nitrogen and oxygen atoms in total. The lowest BCUT2D eigenvalue weighted by Crippen LogP contribution is -2.44. The van der Waals surface area contributed by atoms with Gasteiger partial charge in [0.15, 0.2) is 0 Å². The second-order valence-corrected chi connectivity index (χ2v) is 10.3. The van der Waals surface area contributed by atoms with Gasteiger partial charge in [0.2, 0.25) is 5.91 Å². The number of halogens is 1. The molecule has 0 aliphatic heterocycles. The van der Waals surface area contributed by atoms with Gasteiger partial charge >= 0.3 is 0 Å². The molecule has 1 heterocycles. The highest BCUT2D eigenvalue weighted by Crippen LogP contribution is 2.62. The lowest BCUT2D eigenvalue weighted by atomic mass is 9.54. The SMILES string of the molecule is C[C@]12CCC3c4ccc(Cl)cc4CCC3C1[C@H](CCC(=O)Nc1ccccn1)CC2=O. The number of rotatable bonds is 4. The van der Waals surface area contributed by atoms with E-state index < -0.39 is 0 Å². The van der Waals surface area contributed by atoms with Gasteiger partial charge in [-0.3, -0.25) is 9.59 Å². The van der Waals surface area contributed by atoms with Crippen LogP contribution >= 0.6 is 11.6 Å². The minimum Gasteiger partial charge on any atom is -0.311 e. The van der Waals surface area contributed by atoms with Gasteiger partial charge in [-0.25, -0.2) is 4.98 Å². The van der Waals surface area contributed by atoms with Crippen molar-refractivity contribution >= 4 is 29.1 Å². The van der Waals surface area contributed by atoms with E-state index >= 15 is 0 Å². The normalized spacial score (nSPS) is 31.5. The number of carbonyl (C=O) groups excluding carboxylic acids is 2. The van der Waals surface area contributed by atoms with Crippen molar-refractivity contribution in [3.05, 3.63) is 58.7 Å². The van der Waals surface area contributed by atoms with Crippen LogP contribution in [0.15, 0.2) is 42.6 Å². The molecule has 3 unspecified atom stereocenters. The summed E-state index contributed by atoms with van der Waals surface area (Å²) in [6.07, 6.45) is 7.67. The molecule has 1 amide bonds. The highest BCUT2D eigenvalue weighted by Gasteiger charge is 2.58. The Balaban J connectivity index is 1.33. The monoisotopic (exact) mass is 436 g/mol. The molecule has 2 saturated carbocycles. The summed E-state index contributed by atoms with van der Waals surface area (Å²) in [5, 5.41) is 3.70. The number of ketones is 1. The first-order valence-corrected chi connectivity index (χ1v) is 11.9. The number of nitrogens with zero attached hydrogens (tertiary/aromatic N) is 1. The molecule has 2 aromatic rings. The van der Waals surface area contributed by atoms with Crippen LogP contribution in [-0.4, -0.2) is 16.7 Å². The number of pyridine rings is 1. The molecule has 5 heteroatoms. The molecule has 0 spiro atoms. The first kappa shape index (κ1) is 20.7.